The Balaban J connectivity index is 2.28. The molecule has 0 aliphatic rings. The number of carbonyl (C=O) groups is 1. The van der Waals surface area contributed by atoms with Gasteiger partial charge in [0.25, 0.3) is 0 Å². The largest absolute Gasteiger partial charge is 0.292 e. The number of nitrogens with zero attached hydrogens (tertiary/aromatic N) is 1. The summed E-state index contributed by atoms with van der Waals surface area (Å²) in [5, 5.41) is 0.395. The van der Waals surface area contributed by atoms with Gasteiger partial charge in [-0.15, -0.1) is 0 Å². The first-order chi connectivity index (χ1) is 8.97. The molecule has 0 saturated heterocycles. The van der Waals surface area contributed by atoms with Gasteiger partial charge in [0, 0.05) is 26.6 Å². The highest BCUT2D eigenvalue weighted by Gasteiger charge is 2.15. The van der Waals surface area contributed by atoms with Gasteiger partial charge in [0.2, 0.25) is 0 Å². The molecule has 19 heavy (non-hydrogen) atoms. The van der Waals surface area contributed by atoms with Crippen molar-refractivity contribution in [1.29, 1.82) is 0 Å². The van der Waals surface area contributed by atoms with Gasteiger partial charge in [-0.3, -0.25) is 9.78 Å². The normalized spacial score (nSPS) is 10.5. The summed E-state index contributed by atoms with van der Waals surface area (Å²) in [6.45, 7) is 0. The minimum Gasteiger partial charge on any atom is -0.292 e. The molecule has 0 bridgehead atoms. The molecule has 0 aliphatic carbocycles. The van der Waals surface area contributed by atoms with Crippen LogP contribution in [0.5, 0.6) is 0 Å². The van der Waals surface area contributed by atoms with Gasteiger partial charge >= 0.3 is 0 Å². The topological polar surface area (TPSA) is 30.0 Å². The Bertz CT molecular complexity index is 649. The number of benzene rings is 1. The number of ketones is 1. The Labute approximate surface area is 131 Å². The van der Waals surface area contributed by atoms with Crippen LogP contribution in [0.3, 0.4) is 0 Å². The molecule has 0 radical (unpaired) electrons. The van der Waals surface area contributed by atoms with Crippen molar-refractivity contribution in [3.05, 3.63) is 61.5 Å². The maximum atomic E-state index is 13.6. The molecule has 0 amide bonds. The monoisotopic (exact) mass is 405 g/mol. The van der Waals surface area contributed by atoms with E-state index in [1.54, 1.807) is 6.07 Å². The summed E-state index contributed by atoms with van der Waals surface area (Å²) in [5.41, 5.74) is 0.525. The van der Waals surface area contributed by atoms with Crippen LogP contribution >= 0.6 is 43.5 Å². The lowest BCUT2D eigenvalue weighted by atomic mass is 10.1. The van der Waals surface area contributed by atoms with Crippen LogP contribution in [0.1, 0.15) is 16.1 Å². The third kappa shape index (κ3) is 3.61. The average Bonchev–Trinajstić information content (AvgIpc) is 2.33. The first kappa shape index (κ1) is 14.6. The first-order valence-corrected chi connectivity index (χ1v) is 7.22. The fourth-order valence-electron chi connectivity index (χ4n) is 1.56. The highest BCUT2D eigenvalue weighted by atomic mass is 79.9. The molecule has 0 spiro atoms. The van der Waals surface area contributed by atoms with Crippen LogP contribution in [0.25, 0.3) is 0 Å². The van der Waals surface area contributed by atoms with E-state index in [-0.39, 0.29) is 23.5 Å². The average molecular weight is 407 g/mol. The summed E-state index contributed by atoms with van der Waals surface area (Å²) in [6, 6.07) is 5.85. The Kier molecular flexibility index (Phi) is 4.71. The molecule has 2 aromatic rings. The number of halogens is 4. The lowest BCUT2D eigenvalue weighted by Gasteiger charge is -2.05. The van der Waals surface area contributed by atoms with Gasteiger partial charge in [-0.1, -0.05) is 11.6 Å². The number of pyridine rings is 1. The number of hydrogen-bond donors (Lipinski definition) is 0. The van der Waals surface area contributed by atoms with Crippen molar-refractivity contribution < 1.29 is 9.18 Å². The van der Waals surface area contributed by atoms with Crippen molar-refractivity contribution in [2.75, 3.05) is 0 Å². The van der Waals surface area contributed by atoms with Crippen LogP contribution in [0, 0.1) is 5.82 Å². The van der Waals surface area contributed by atoms with Crippen molar-refractivity contribution in [3.63, 3.8) is 0 Å². The molecular weight excluding hydrogens is 400 g/mol. The van der Waals surface area contributed by atoms with Crippen LogP contribution < -0.4 is 0 Å². The number of Topliss-reactive ketones (excluding diaryl/α,β-unsaturated/α-hetero) is 1. The molecule has 98 valence electrons. The second-order valence-corrected chi connectivity index (χ2v) is 6.03. The number of rotatable bonds is 3. The summed E-state index contributed by atoms with van der Waals surface area (Å²) in [4.78, 5) is 16.1. The minimum atomic E-state index is -0.453. The van der Waals surface area contributed by atoms with E-state index in [1.807, 2.05) is 0 Å². The Morgan fingerprint density at radius 1 is 1.32 bits per heavy atom. The second-order valence-electron chi connectivity index (χ2n) is 3.82. The van der Waals surface area contributed by atoms with Gasteiger partial charge in [0.05, 0.1) is 0 Å². The molecule has 0 atom stereocenters. The highest BCUT2D eigenvalue weighted by molar-refractivity contribution is 9.11. The summed E-state index contributed by atoms with van der Waals surface area (Å²) in [6.07, 6.45) is 1.44. The third-order valence-corrected chi connectivity index (χ3v) is 3.70. The maximum Gasteiger partial charge on any atom is 0.186 e. The minimum absolute atomic E-state index is 0.0837. The lowest BCUT2D eigenvalue weighted by molar-refractivity contribution is 0.0986. The Hall–Kier alpha value is -0.780. The quantitative estimate of drug-likeness (QED) is 0.683. The molecule has 0 saturated carbocycles. The standard InChI is InChI=1S/C13H7Br2ClFNO/c14-8-5-10(15)13(18-6-8)12(19)4-7-3-9(16)1-2-11(7)17/h1-3,5-6H,4H2. The summed E-state index contributed by atoms with van der Waals surface area (Å²) in [7, 11) is 0. The predicted molar refractivity (Wildman–Crippen MR) is 79.1 cm³/mol. The van der Waals surface area contributed by atoms with E-state index in [1.165, 1.54) is 24.4 Å². The lowest BCUT2D eigenvalue weighted by Crippen LogP contribution is -2.08. The third-order valence-electron chi connectivity index (χ3n) is 2.43. The van der Waals surface area contributed by atoms with Gasteiger partial charge in [-0.25, -0.2) is 4.39 Å². The van der Waals surface area contributed by atoms with Crippen molar-refractivity contribution in [2.45, 2.75) is 6.42 Å². The van der Waals surface area contributed by atoms with Gasteiger partial charge < -0.3 is 0 Å². The zero-order chi connectivity index (χ0) is 14.0. The number of hydrogen-bond acceptors (Lipinski definition) is 2. The van der Waals surface area contributed by atoms with Gasteiger partial charge in [0.1, 0.15) is 11.5 Å². The molecule has 0 unspecified atom stereocenters. The van der Waals surface area contributed by atoms with Gasteiger partial charge in [0.15, 0.2) is 5.78 Å². The van der Waals surface area contributed by atoms with Gasteiger partial charge in [-0.2, -0.15) is 0 Å². The summed E-state index contributed by atoms with van der Waals surface area (Å²) in [5.74, 6) is -0.730. The molecule has 6 heteroatoms. The molecule has 0 fully saturated rings. The van der Waals surface area contributed by atoms with E-state index in [4.69, 9.17) is 11.6 Å². The fraction of sp³-hybridized carbons (Fsp3) is 0.0769. The molecule has 0 aliphatic heterocycles. The molecule has 0 N–H and O–H groups in total. The Morgan fingerprint density at radius 3 is 2.74 bits per heavy atom. The van der Waals surface area contributed by atoms with E-state index >= 15 is 0 Å². The van der Waals surface area contributed by atoms with Crippen LogP contribution in [-0.4, -0.2) is 10.8 Å². The van der Waals surface area contributed by atoms with Crippen LogP contribution in [-0.2, 0) is 6.42 Å². The summed E-state index contributed by atoms with van der Waals surface area (Å²) >= 11 is 12.3. The van der Waals surface area contributed by atoms with E-state index < -0.39 is 5.82 Å². The van der Waals surface area contributed by atoms with Crippen molar-refractivity contribution >= 4 is 49.2 Å². The second kappa shape index (κ2) is 6.11. The zero-order valence-electron chi connectivity index (χ0n) is 9.46. The first-order valence-electron chi connectivity index (χ1n) is 5.25. The van der Waals surface area contributed by atoms with Crippen molar-refractivity contribution in [1.82, 2.24) is 4.98 Å². The van der Waals surface area contributed by atoms with E-state index in [9.17, 15) is 9.18 Å². The fourth-order valence-corrected chi connectivity index (χ4v) is 2.96. The molecular formula is C13H7Br2ClFNO. The van der Waals surface area contributed by atoms with Crippen LogP contribution in [0.2, 0.25) is 5.02 Å². The van der Waals surface area contributed by atoms with Crippen molar-refractivity contribution in [2.24, 2.45) is 0 Å². The smallest absolute Gasteiger partial charge is 0.186 e. The molecule has 2 rings (SSSR count). The van der Waals surface area contributed by atoms with Crippen LogP contribution in [0.15, 0.2) is 39.4 Å². The molecule has 1 aromatic heterocycles. The number of carbonyl (C=O) groups excluding carboxylic acids is 1. The van der Waals surface area contributed by atoms with E-state index in [0.717, 1.165) is 4.47 Å². The van der Waals surface area contributed by atoms with Crippen molar-refractivity contribution in [3.8, 4) is 0 Å². The van der Waals surface area contributed by atoms with E-state index in [2.05, 4.69) is 36.8 Å². The Morgan fingerprint density at radius 2 is 2.05 bits per heavy atom. The predicted octanol–water partition coefficient (Wildman–Crippen LogP) is 4.82. The van der Waals surface area contributed by atoms with E-state index in [0.29, 0.717) is 9.50 Å². The van der Waals surface area contributed by atoms with Gasteiger partial charge in [-0.05, 0) is 61.7 Å². The molecule has 1 heterocycles. The van der Waals surface area contributed by atoms with Crippen LogP contribution in [0.4, 0.5) is 4.39 Å². The maximum absolute atomic E-state index is 13.6. The molecule has 2 nitrogen and oxygen atoms in total. The zero-order valence-corrected chi connectivity index (χ0v) is 13.4. The SMILES string of the molecule is O=C(Cc1cc(Cl)ccc1F)c1ncc(Br)cc1Br. The summed E-state index contributed by atoms with van der Waals surface area (Å²) < 4.78 is 14.9. The molecule has 1 aromatic carbocycles. The highest BCUT2D eigenvalue weighted by Crippen LogP contribution is 2.22. The number of aromatic nitrogens is 1.